The highest BCUT2D eigenvalue weighted by atomic mass is 32.2. The summed E-state index contributed by atoms with van der Waals surface area (Å²) in [5, 5.41) is -8.37. The third-order valence-electron chi connectivity index (χ3n) is 3.15. The molecule has 0 radical (unpaired) electrons. The monoisotopic (exact) mass is 499 g/mol. The van der Waals surface area contributed by atoms with Crippen LogP contribution >= 0.6 is 0 Å². The fourth-order valence-corrected chi connectivity index (χ4v) is 2.24. The minimum absolute atomic E-state index is 8.35. The van der Waals surface area contributed by atoms with Crippen LogP contribution in [0, 0.1) is 0 Å². The summed E-state index contributed by atoms with van der Waals surface area (Å²) < 4.78 is 246. The first-order valence-electron chi connectivity index (χ1n) is 5.67. The zero-order valence-electron chi connectivity index (χ0n) is 12.1. The molecule has 0 aromatic rings. The quantitative estimate of drug-likeness (QED) is 0.414. The first kappa shape index (κ1) is 27.7. The second kappa shape index (κ2) is 6.36. The van der Waals surface area contributed by atoms with Crippen molar-refractivity contribution in [3.05, 3.63) is 0 Å². The molecule has 0 amide bonds. The lowest BCUT2D eigenvalue weighted by Crippen LogP contribution is -2.79. The Morgan fingerprint density at radius 2 is 0.655 bits per heavy atom. The predicted octanol–water partition coefficient (Wildman–Crippen LogP) is 4.50. The minimum atomic E-state index is -9.20. The minimum Gasteiger partial charge on any atom is -0.743 e. The van der Waals surface area contributed by atoms with Gasteiger partial charge in [0, 0.05) is 0 Å². The molecule has 0 saturated heterocycles. The van der Waals surface area contributed by atoms with Crippen molar-refractivity contribution in [2.24, 2.45) is 0 Å². The summed E-state index contributed by atoms with van der Waals surface area (Å²) >= 11 is 0. The summed E-state index contributed by atoms with van der Waals surface area (Å²) in [5.74, 6) is -18.3. The van der Waals surface area contributed by atoms with Crippen LogP contribution in [0.25, 0.3) is 0 Å². The molecule has 0 heterocycles. The van der Waals surface area contributed by atoms with Crippen molar-refractivity contribution in [3.63, 3.8) is 0 Å². The van der Waals surface area contributed by atoms with Crippen LogP contribution in [-0.2, 0) is 10.1 Å². The van der Waals surface area contributed by atoms with E-state index in [4.69, 9.17) is 0 Å². The molecule has 21 heteroatoms. The van der Waals surface area contributed by atoms with Gasteiger partial charge in [-0.25, -0.2) is 17.2 Å². The Labute approximate surface area is 146 Å². The van der Waals surface area contributed by atoms with E-state index in [-0.39, 0.29) is 0 Å². The first-order valence-corrected chi connectivity index (χ1v) is 7.08. The number of rotatable bonds is 5. The lowest BCUT2D eigenvalue weighted by Gasteiger charge is -2.46. The van der Waals surface area contributed by atoms with Crippen molar-refractivity contribution in [1.82, 2.24) is 0 Å². The van der Waals surface area contributed by atoms with Gasteiger partial charge < -0.3 is 4.55 Å². The molecule has 1 unspecified atom stereocenters. The van der Waals surface area contributed by atoms with Gasteiger partial charge in [-0.2, -0.15) is 65.9 Å². The fraction of sp³-hybridized carbons (Fsp3) is 1.00. The van der Waals surface area contributed by atoms with E-state index >= 15 is 0 Å². The van der Waals surface area contributed by atoms with Gasteiger partial charge in [0.2, 0.25) is 0 Å². The largest absolute Gasteiger partial charge is 0.743 e. The summed E-state index contributed by atoms with van der Waals surface area (Å²) in [6.07, 6.45) is -25.2. The molecule has 176 valence electrons. The van der Waals surface area contributed by atoms with E-state index in [1.54, 1.807) is 0 Å². The fourth-order valence-electron chi connectivity index (χ4n) is 1.65. The van der Waals surface area contributed by atoms with Gasteiger partial charge in [-0.3, -0.25) is 0 Å². The van der Waals surface area contributed by atoms with Gasteiger partial charge in [0.25, 0.3) is 0 Å². The van der Waals surface area contributed by atoms with E-state index in [1.165, 1.54) is 0 Å². The van der Waals surface area contributed by atoms with Crippen LogP contribution in [0.15, 0.2) is 0 Å². The van der Waals surface area contributed by atoms with Crippen LogP contribution in [0.5, 0.6) is 0 Å². The van der Waals surface area contributed by atoms with Gasteiger partial charge >= 0.3 is 47.0 Å². The maximum atomic E-state index is 13.6. The predicted molar refractivity (Wildman–Crippen MR) is 50.4 cm³/mol. The zero-order chi connectivity index (χ0) is 24.5. The molecule has 0 aliphatic rings. The highest BCUT2D eigenvalue weighted by molar-refractivity contribution is 7.86. The Balaban J connectivity index is 7.55. The van der Waals surface area contributed by atoms with Crippen LogP contribution in [-0.4, -0.2) is 59.9 Å². The molecule has 29 heavy (non-hydrogen) atoms. The summed E-state index contributed by atoms with van der Waals surface area (Å²) in [6.45, 7) is 0. The lowest BCUT2D eigenvalue weighted by molar-refractivity contribution is -0.461. The van der Waals surface area contributed by atoms with Crippen molar-refractivity contribution in [1.29, 1.82) is 0 Å². The Bertz CT molecular complexity index is 713. The van der Waals surface area contributed by atoms with Crippen LogP contribution in [0.1, 0.15) is 0 Å². The molecule has 0 spiro atoms. The maximum Gasteiger partial charge on any atom is 0.438 e. The van der Waals surface area contributed by atoms with Crippen molar-refractivity contribution < 1.29 is 87.6 Å². The van der Waals surface area contributed by atoms with Gasteiger partial charge in [-0.15, -0.1) is 0 Å². The molecular formula is C8F17O3S-. The van der Waals surface area contributed by atoms with Crippen LogP contribution in [0.4, 0.5) is 74.6 Å². The van der Waals surface area contributed by atoms with Crippen molar-refractivity contribution >= 4 is 10.1 Å². The topological polar surface area (TPSA) is 57.2 Å². The molecule has 0 N–H and O–H groups in total. The molecule has 0 aromatic heterocycles. The molecule has 1 atom stereocenters. The zero-order valence-corrected chi connectivity index (χ0v) is 12.9. The van der Waals surface area contributed by atoms with E-state index in [0.717, 1.165) is 0 Å². The van der Waals surface area contributed by atoms with Crippen molar-refractivity contribution in [2.45, 2.75) is 47.0 Å². The third kappa shape index (κ3) is 3.26. The first-order chi connectivity index (χ1) is 12.0. The van der Waals surface area contributed by atoms with Crippen LogP contribution < -0.4 is 0 Å². The summed E-state index contributed by atoms with van der Waals surface area (Å²) in [4.78, 5) is 0. The third-order valence-corrected chi connectivity index (χ3v) is 4.06. The molecule has 0 rings (SSSR count). The second-order valence-electron chi connectivity index (χ2n) is 4.93. The van der Waals surface area contributed by atoms with E-state index in [0.29, 0.717) is 0 Å². The highest BCUT2D eigenvalue weighted by Crippen LogP contribution is 2.66. The summed E-state index contributed by atoms with van der Waals surface area (Å²) in [5.41, 5.74) is -17.8. The van der Waals surface area contributed by atoms with E-state index in [2.05, 4.69) is 0 Å². The second-order valence-corrected chi connectivity index (χ2v) is 6.35. The standard InChI is InChI=1S/C8HF17O3S/c9-1(5(15,16)17,6(18,19)20)3(11,12)4(13,14)2(10,7(21,22)23)8(24,25)29(26,27)28/h(H,26,27,28)/p-1. The Kier molecular flexibility index (Phi) is 6.08. The molecule has 0 fully saturated rings. The van der Waals surface area contributed by atoms with Gasteiger partial charge in [0.15, 0.2) is 10.1 Å². The summed E-state index contributed by atoms with van der Waals surface area (Å²) in [7, 11) is -8.48. The average Bonchev–Trinajstić information content (AvgIpc) is 2.39. The molecule has 0 aromatic carbocycles. The molecule has 0 aliphatic heterocycles. The van der Waals surface area contributed by atoms with E-state index in [1.807, 2.05) is 0 Å². The normalized spacial score (nSPS) is 18.6. The van der Waals surface area contributed by atoms with E-state index in [9.17, 15) is 87.6 Å². The van der Waals surface area contributed by atoms with Gasteiger partial charge in [-0.05, 0) is 0 Å². The number of hydrogen-bond donors (Lipinski definition) is 0. The molecular weight excluding hydrogens is 499 g/mol. The van der Waals surface area contributed by atoms with Crippen molar-refractivity contribution in [3.8, 4) is 0 Å². The Morgan fingerprint density at radius 1 is 0.448 bits per heavy atom. The molecule has 0 aliphatic carbocycles. The molecule has 0 saturated carbocycles. The van der Waals surface area contributed by atoms with Crippen LogP contribution in [0.2, 0.25) is 0 Å². The SMILES string of the molecule is O=S(=O)([O-])C(F)(F)C(F)(C(F)(F)F)C(F)(F)C(F)(F)C(F)(C(F)(F)F)C(F)(F)F. The number of halogens is 17. The van der Waals surface area contributed by atoms with Crippen LogP contribution in [0.3, 0.4) is 0 Å². The summed E-state index contributed by atoms with van der Waals surface area (Å²) in [6, 6.07) is 0. The Hall–Kier alpha value is -1.28. The number of hydrogen-bond acceptors (Lipinski definition) is 3. The van der Waals surface area contributed by atoms with E-state index < -0.39 is 57.1 Å². The highest BCUT2D eigenvalue weighted by Gasteiger charge is 2.99. The van der Waals surface area contributed by atoms with Gasteiger partial charge in [0.1, 0.15) is 0 Å². The molecule has 0 bridgehead atoms. The average molecular weight is 499 g/mol. The maximum absolute atomic E-state index is 13.6. The van der Waals surface area contributed by atoms with Crippen molar-refractivity contribution in [2.75, 3.05) is 0 Å². The van der Waals surface area contributed by atoms with Gasteiger partial charge in [-0.1, -0.05) is 0 Å². The lowest BCUT2D eigenvalue weighted by atomic mass is 9.82. The Morgan fingerprint density at radius 3 is 0.828 bits per heavy atom. The smallest absolute Gasteiger partial charge is 0.438 e. The number of alkyl halides is 17. The molecule has 3 nitrogen and oxygen atoms in total. The van der Waals surface area contributed by atoms with Gasteiger partial charge in [0.05, 0.1) is 0 Å².